The van der Waals surface area contributed by atoms with Crippen LogP contribution in [0, 0.1) is 0 Å². The van der Waals surface area contributed by atoms with Gasteiger partial charge in [-0.3, -0.25) is 0 Å². The minimum Gasteiger partial charge on any atom is -0.444 e. The van der Waals surface area contributed by atoms with Crippen LogP contribution in [0.4, 0.5) is 4.79 Å². The zero-order valence-corrected chi connectivity index (χ0v) is 14.7. The maximum Gasteiger partial charge on any atom is 0.407 e. The maximum atomic E-state index is 11.5. The molecule has 1 heterocycles. The molecule has 0 spiro atoms. The SMILES string of the molecule is CC(C)(C)OC(=O)NCCC(O)C(O)c1ccc(-n2cccn2)cc1. The summed E-state index contributed by atoms with van der Waals surface area (Å²) < 4.78 is 6.82. The molecule has 7 nitrogen and oxygen atoms in total. The average molecular weight is 347 g/mol. The quantitative estimate of drug-likeness (QED) is 0.744. The third-order valence-electron chi connectivity index (χ3n) is 3.48. The van der Waals surface area contributed by atoms with Gasteiger partial charge >= 0.3 is 6.09 Å². The first-order valence-electron chi connectivity index (χ1n) is 8.19. The molecule has 136 valence electrons. The van der Waals surface area contributed by atoms with Crippen LogP contribution < -0.4 is 5.32 Å². The van der Waals surface area contributed by atoms with Crippen molar-refractivity contribution in [1.29, 1.82) is 0 Å². The van der Waals surface area contributed by atoms with Gasteiger partial charge in [-0.25, -0.2) is 9.48 Å². The molecule has 2 rings (SSSR count). The Kier molecular flexibility index (Phi) is 6.17. The lowest BCUT2D eigenvalue weighted by atomic mass is 10.0. The molecule has 2 aromatic rings. The zero-order valence-electron chi connectivity index (χ0n) is 14.7. The van der Waals surface area contributed by atoms with Crippen molar-refractivity contribution in [2.45, 2.75) is 45.0 Å². The number of amides is 1. The molecule has 0 aliphatic heterocycles. The van der Waals surface area contributed by atoms with Crippen LogP contribution in [0.3, 0.4) is 0 Å². The van der Waals surface area contributed by atoms with Crippen LogP contribution in [0.1, 0.15) is 38.9 Å². The lowest BCUT2D eigenvalue weighted by Gasteiger charge is -2.21. The second-order valence-electron chi connectivity index (χ2n) is 6.77. The van der Waals surface area contributed by atoms with Crippen LogP contribution in [0.15, 0.2) is 42.7 Å². The van der Waals surface area contributed by atoms with E-state index in [1.165, 1.54) is 0 Å². The minimum absolute atomic E-state index is 0.207. The number of aromatic nitrogens is 2. The largest absolute Gasteiger partial charge is 0.444 e. The summed E-state index contributed by atoms with van der Waals surface area (Å²) in [7, 11) is 0. The molecule has 25 heavy (non-hydrogen) atoms. The van der Waals surface area contributed by atoms with Gasteiger partial charge in [0.25, 0.3) is 0 Å². The van der Waals surface area contributed by atoms with Gasteiger partial charge in [-0.1, -0.05) is 12.1 Å². The third-order valence-corrected chi connectivity index (χ3v) is 3.48. The van der Waals surface area contributed by atoms with Gasteiger partial charge in [0.1, 0.15) is 11.7 Å². The Morgan fingerprint density at radius 2 is 1.96 bits per heavy atom. The van der Waals surface area contributed by atoms with E-state index in [4.69, 9.17) is 4.74 Å². The third kappa shape index (κ3) is 5.88. The Morgan fingerprint density at radius 1 is 1.28 bits per heavy atom. The van der Waals surface area contributed by atoms with E-state index in [9.17, 15) is 15.0 Å². The van der Waals surface area contributed by atoms with Crippen LogP contribution in [0.2, 0.25) is 0 Å². The smallest absolute Gasteiger partial charge is 0.407 e. The van der Waals surface area contributed by atoms with E-state index < -0.39 is 23.9 Å². The van der Waals surface area contributed by atoms with Gasteiger partial charge in [-0.05, 0) is 51.0 Å². The minimum atomic E-state index is -1.04. The van der Waals surface area contributed by atoms with Crippen molar-refractivity contribution < 1.29 is 19.7 Å². The van der Waals surface area contributed by atoms with Crippen LogP contribution >= 0.6 is 0 Å². The predicted octanol–water partition coefficient (Wildman–Crippen LogP) is 2.18. The number of carbonyl (C=O) groups excluding carboxylic acids is 1. The average Bonchev–Trinajstić information content (AvgIpc) is 3.07. The molecule has 2 atom stereocenters. The molecule has 7 heteroatoms. The van der Waals surface area contributed by atoms with Crippen LogP contribution in [-0.2, 0) is 4.74 Å². The highest BCUT2D eigenvalue weighted by Gasteiger charge is 2.20. The molecule has 0 aliphatic carbocycles. The molecule has 3 N–H and O–H groups in total. The molecule has 1 aromatic carbocycles. The summed E-state index contributed by atoms with van der Waals surface area (Å²) in [5, 5.41) is 27.0. The molecule has 0 bridgehead atoms. The number of aliphatic hydroxyl groups is 2. The Bertz CT molecular complexity index is 663. The standard InChI is InChI=1S/C18H25N3O4/c1-18(2,3)25-17(24)19-11-9-15(22)16(23)13-5-7-14(8-6-13)21-12-4-10-20-21/h4-8,10,12,15-16,22-23H,9,11H2,1-3H3,(H,19,24). The van der Waals surface area contributed by atoms with E-state index in [2.05, 4.69) is 10.4 Å². The number of hydrogen-bond acceptors (Lipinski definition) is 5. The number of nitrogens with zero attached hydrogens (tertiary/aromatic N) is 2. The molecule has 2 unspecified atom stereocenters. The fourth-order valence-corrected chi connectivity index (χ4v) is 2.26. The first kappa shape index (κ1) is 19.0. The lowest BCUT2D eigenvalue weighted by molar-refractivity contribution is 0.0123. The van der Waals surface area contributed by atoms with Crippen molar-refractivity contribution in [2.24, 2.45) is 0 Å². The molecule has 1 amide bonds. The number of ether oxygens (including phenoxy) is 1. The van der Waals surface area contributed by atoms with Crippen LogP contribution in [0.25, 0.3) is 5.69 Å². The molecular formula is C18H25N3O4. The van der Waals surface area contributed by atoms with Crippen LogP contribution in [-0.4, -0.2) is 44.3 Å². The van der Waals surface area contributed by atoms with Crippen LogP contribution in [0.5, 0.6) is 0 Å². The summed E-state index contributed by atoms with van der Waals surface area (Å²) in [5.41, 5.74) is 0.890. The molecule has 0 radical (unpaired) electrons. The number of alkyl carbamates (subject to hydrolysis) is 1. The molecule has 0 fully saturated rings. The van der Waals surface area contributed by atoms with Gasteiger partial charge in [-0.15, -0.1) is 0 Å². The van der Waals surface area contributed by atoms with Crippen molar-refractivity contribution in [2.75, 3.05) is 6.54 Å². The van der Waals surface area contributed by atoms with Gasteiger partial charge in [0.15, 0.2) is 0 Å². The molecule has 1 aromatic heterocycles. The fraction of sp³-hybridized carbons (Fsp3) is 0.444. The second kappa shape index (κ2) is 8.13. The van der Waals surface area contributed by atoms with E-state index in [0.29, 0.717) is 5.56 Å². The highest BCUT2D eigenvalue weighted by atomic mass is 16.6. The summed E-state index contributed by atoms with van der Waals surface area (Å²) in [5.74, 6) is 0. The van der Waals surface area contributed by atoms with Crippen molar-refractivity contribution in [3.05, 3.63) is 48.3 Å². The second-order valence-corrected chi connectivity index (χ2v) is 6.77. The summed E-state index contributed by atoms with van der Waals surface area (Å²) in [4.78, 5) is 11.5. The molecule has 0 saturated heterocycles. The first-order chi connectivity index (χ1) is 11.8. The molecule has 0 aliphatic rings. The van der Waals surface area contributed by atoms with E-state index in [0.717, 1.165) is 5.69 Å². The fourth-order valence-electron chi connectivity index (χ4n) is 2.26. The summed E-state index contributed by atoms with van der Waals surface area (Å²) in [6.07, 6.45) is 1.14. The Morgan fingerprint density at radius 3 is 2.52 bits per heavy atom. The van der Waals surface area contributed by atoms with E-state index in [1.54, 1.807) is 43.8 Å². The van der Waals surface area contributed by atoms with Crippen molar-refractivity contribution in [3.8, 4) is 5.69 Å². The Hall–Kier alpha value is -2.38. The van der Waals surface area contributed by atoms with Gasteiger partial charge in [0, 0.05) is 18.9 Å². The van der Waals surface area contributed by atoms with Gasteiger partial charge in [-0.2, -0.15) is 5.10 Å². The molecule has 0 saturated carbocycles. The maximum absolute atomic E-state index is 11.5. The van der Waals surface area contributed by atoms with Gasteiger partial charge in [0.2, 0.25) is 0 Å². The lowest BCUT2D eigenvalue weighted by Crippen LogP contribution is -2.34. The number of nitrogens with one attached hydrogen (secondary N) is 1. The van der Waals surface area contributed by atoms with Crippen molar-refractivity contribution in [1.82, 2.24) is 15.1 Å². The number of carbonyl (C=O) groups is 1. The van der Waals surface area contributed by atoms with Crippen molar-refractivity contribution in [3.63, 3.8) is 0 Å². The van der Waals surface area contributed by atoms with E-state index >= 15 is 0 Å². The Labute approximate surface area is 147 Å². The number of benzene rings is 1. The zero-order chi connectivity index (χ0) is 18.4. The highest BCUT2D eigenvalue weighted by Crippen LogP contribution is 2.20. The van der Waals surface area contributed by atoms with E-state index in [-0.39, 0.29) is 13.0 Å². The number of hydrogen-bond donors (Lipinski definition) is 3. The predicted molar refractivity (Wildman–Crippen MR) is 93.4 cm³/mol. The molecular weight excluding hydrogens is 322 g/mol. The topological polar surface area (TPSA) is 96.6 Å². The number of rotatable bonds is 6. The highest BCUT2D eigenvalue weighted by molar-refractivity contribution is 5.67. The number of aliphatic hydroxyl groups excluding tert-OH is 2. The summed E-state index contributed by atoms with van der Waals surface area (Å²) >= 11 is 0. The van der Waals surface area contributed by atoms with Gasteiger partial charge < -0.3 is 20.3 Å². The first-order valence-corrected chi connectivity index (χ1v) is 8.19. The Balaban J connectivity index is 1.83. The monoisotopic (exact) mass is 347 g/mol. The van der Waals surface area contributed by atoms with Gasteiger partial charge in [0.05, 0.1) is 11.8 Å². The normalized spacial score (nSPS) is 14.0. The summed E-state index contributed by atoms with van der Waals surface area (Å²) in [6, 6.07) is 8.94. The summed E-state index contributed by atoms with van der Waals surface area (Å²) in [6.45, 7) is 5.53. The van der Waals surface area contributed by atoms with Crippen molar-refractivity contribution >= 4 is 6.09 Å². The van der Waals surface area contributed by atoms with E-state index in [1.807, 2.05) is 24.4 Å².